The summed E-state index contributed by atoms with van der Waals surface area (Å²) < 4.78 is 4.49. The smallest absolute Gasteiger partial charge is 0.0989 e. The first-order chi connectivity index (χ1) is 5.45. The minimum Gasteiger partial charge on any atom is -0.328 e. The molecule has 0 fully saturated rings. The van der Waals surface area contributed by atoms with Crippen LogP contribution in [0, 0.1) is 0 Å². The minimum atomic E-state index is 0. The van der Waals surface area contributed by atoms with Crippen molar-refractivity contribution in [1.82, 2.24) is 9.13 Å². The number of aromatic nitrogens is 2. The molecule has 0 saturated heterocycles. The lowest BCUT2D eigenvalue weighted by Crippen LogP contribution is -1.95. The maximum absolute atomic E-state index is 2.25. The molecule has 2 aromatic heterocycles. The van der Waals surface area contributed by atoms with Crippen molar-refractivity contribution in [1.29, 1.82) is 0 Å². The summed E-state index contributed by atoms with van der Waals surface area (Å²) in [6.45, 7) is 0.977. The Morgan fingerprint density at radius 3 is 2.09 bits per heavy atom. The molecule has 0 aliphatic carbocycles. The fourth-order valence-electron chi connectivity index (χ4n) is 1.70. The molecule has 0 radical (unpaired) electrons. The van der Waals surface area contributed by atoms with Gasteiger partial charge in [-0.2, -0.15) is 0 Å². The van der Waals surface area contributed by atoms with E-state index >= 15 is 0 Å². The molecule has 0 saturated carbocycles. The molecular formula is C9H10N2. The number of hydrogen-bond donors (Lipinski definition) is 0. The molecule has 56 valence electrons. The van der Waals surface area contributed by atoms with Crippen molar-refractivity contribution in [3.63, 3.8) is 0 Å². The molecule has 1 aliphatic rings. The van der Waals surface area contributed by atoms with Gasteiger partial charge in [0, 0.05) is 13.8 Å². The Hall–Kier alpha value is -1.44. The predicted molar refractivity (Wildman–Crippen MR) is 45.4 cm³/mol. The molecule has 1 aliphatic heterocycles. The Morgan fingerprint density at radius 1 is 1.00 bits per heavy atom. The average molecular weight is 146 g/mol. The first-order valence-electron chi connectivity index (χ1n) is 3.76. The Morgan fingerprint density at radius 2 is 1.55 bits per heavy atom. The highest BCUT2D eigenvalue weighted by molar-refractivity contribution is 5.58. The van der Waals surface area contributed by atoms with E-state index in [1.165, 1.54) is 11.4 Å². The number of fused-ring (bicyclic) bond motifs is 3. The molecular weight excluding hydrogens is 136 g/mol. The summed E-state index contributed by atoms with van der Waals surface area (Å²) in [6, 6.07) is 8.48. The lowest BCUT2D eigenvalue weighted by molar-refractivity contribution is 0.670. The van der Waals surface area contributed by atoms with Crippen LogP contribution >= 0.6 is 0 Å². The van der Waals surface area contributed by atoms with Crippen LogP contribution in [-0.2, 0) is 6.67 Å². The molecule has 0 N–H and O–H groups in total. The monoisotopic (exact) mass is 146 g/mol. The highest BCUT2D eigenvalue weighted by Crippen LogP contribution is 2.26. The van der Waals surface area contributed by atoms with E-state index in [9.17, 15) is 0 Å². The zero-order valence-electron chi connectivity index (χ0n) is 6.07. The highest BCUT2D eigenvalue weighted by atomic mass is 15.2. The van der Waals surface area contributed by atoms with Crippen molar-refractivity contribution in [2.75, 3.05) is 0 Å². The van der Waals surface area contributed by atoms with Gasteiger partial charge in [-0.25, -0.2) is 0 Å². The van der Waals surface area contributed by atoms with E-state index in [4.69, 9.17) is 0 Å². The fourth-order valence-corrected chi connectivity index (χ4v) is 1.70. The van der Waals surface area contributed by atoms with Crippen LogP contribution in [0.3, 0.4) is 0 Å². The Bertz CT molecular complexity index is 362. The van der Waals surface area contributed by atoms with Gasteiger partial charge in [-0.1, -0.05) is 0 Å². The van der Waals surface area contributed by atoms with E-state index in [0.717, 1.165) is 6.67 Å². The van der Waals surface area contributed by atoms with E-state index in [-0.39, 0.29) is 1.43 Å². The SMILES string of the molecule is [HH].c1cc2n(c1)Cn1cccc1-2. The molecule has 11 heavy (non-hydrogen) atoms. The van der Waals surface area contributed by atoms with E-state index in [1.54, 1.807) is 0 Å². The van der Waals surface area contributed by atoms with E-state index in [1.807, 2.05) is 0 Å². The molecule has 2 nitrogen and oxygen atoms in total. The van der Waals surface area contributed by atoms with Crippen molar-refractivity contribution in [3.05, 3.63) is 36.7 Å². The zero-order chi connectivity index (χ0) is 7.26. The van der Waals surface area contributed by atoms with Gasteiger partial charge in [-0.3, -0.25) is 0 Å². The molecule has 3 rings (SSSR count). The first-order valence-corrected chi connectivity index (χ1v) is 3.76. The summed E-state index contributed by atoms with van der Waals surface area (Å²) in [5.74, 6) is 0. The maximum Gasteiger partial charge on any atom is 0.0989 e. The molecule has 0 aromatic carbocycles. The van der Waals surface area contributed by atoms with Crippen molar-refractivity contribution >= 4 is 0 Å². The summed E-state index contributed by atoms with van der Waals surface area (Å²) in [7, 11) is 0. The second kappa shape index (κ2) is 1.59. The molecule has 0 unspecified atom stereocenters. The highest BCUT2D eigenvalue weighted by Gasteiger charge is 2.14. The van der Waals surface area contributed by atoms with E-state index in [0.29, 0.717) is 0 Å². The first kappa shape index (κ1) is 5.24. The van der Waals surface area contributed by atoms with E-state index in [2.05, 4.69) is 45.8 Å². The standard InChI is InChI=1S/C9H8N2.H2/c1-3-8-9-4-2-6-11(9)7-10(8)5-1;/h1-6H,7H2;1H. The third-order valence-corrected chi connectivity index (χ3v) is 2.23. The summed E-state index contributed by atoms with van der Waals surface area (Å²) in [4.78, 5) is 0. The third kappa shape index (κ3) is 0.522. The van der Waals surface area contributed by atoms with Crippen LogP contribution in [0.1, 0.15) is 1.43 Å². The lowest BCUT2D eigenvalue weighted by Gasteiger charge is -1.94. The molecule has 0 atom stereocenters. The summed E-state index contributed by atoms with van der Waals surface area (Å²) in [5.41, 5.74) is 2.66. The van der Waals surface area contributed by atoms with Crippen molar-refractivity contribution in [3.8, 4) is 11.4 Å². The molecule has 0 spiro atoms. The largest absolute Gasteiger partial charge is 0.328 e. The van der Waals surface area contributed by atoms with Crippen LogP contribution in [0.15, 0.2) is 36.7 Å². The van der Waals surface area contributed by atoms with Gasteiger partial charge in [-0.15, -0.1) is 0 Å². The van der Waals surface area contributed by atoms with Gasteiger partial charge >= 0.3 is 0 Å². The number of nitrogens with zero attached hydrogens (tertiary/aromatic N) is 2. The van der Waals surface area contributed by atoms with Crippen molar-refractivity contribution in [2.24, 2.45) is 0 Å². The van der Waals surface area contributed by atoms with E-state index < -0.39 is 0 Å². The van der Waals surface area contributed by atoms with Crippen LogP contribution in [0.25, 0.3) is 11.4 Å². The Balaban J connectivity index is 0.000000563. The summed E-state index contributed by atoms with van der Waals surface area (Å²) >= 11 is 0. The van der Waals surface area contributed by atoms with Crippen LogP contribution in [0.4, 0.5) is 0 Å². The predicted octanol–water partition coefficient (Wildman–Crippen LogP) is 2.02. The molecule has 2 heteroatoms. The molecule has 0 bridgehead atoms. The van der Waals surface area contributed by atoms with Gasteiger partial charge < -0.3 is 9.13 Å². The van der Waals surface area contributed by atoms with Gasteiger partial charge in [0.2, 0.25) is 0 Å². The quantitative estimate of drug-likeness (QED) is 0.459. The fraction of sp³-hybridized carbons (Fsp3) is 0.111. The van der Waals surface area contributed by atoms with Crippen LogP contribution in [-0.4, -0.2) is 9.13 Å². The van der Waals surface area contributed by atoms with Crippen molar-refractivity contribution in [2.45, 2.75) is 6.67 Å². The van der Waals surface area contributed by atoms with Gasteiger partial charge in [0.05, 0.1) is 18.1 Å². The maximum atomic E-state index is 2.25. The Kier molecular flexibility index (Phi) is 0.756. The van der Waals surface area contributed by atoms with Gasteiger partial charge in [0.15, 0.2) is 0 Å². The minimum absolute atomic E-state index is 0. The number of hydrogen-bond acceptors (Lipinski definition) is 0. The average Bonchev–Trinajstić information content (AvgIpc) is 2.52. The zero-order valence-corrected chi connectivity index (χ0v) is 6.07. The molecule has 0 amide bonds. The lowest BCUT2D eigenvalue weighted by atomic mass is 10.3. The van der Waals surface area contributed by atoms with Crippen LogP contribution < -0.4 is 0 Å². The van der Waals surface area contributed by atoms with Crippen molar-refractivity contribution < 1.29 is 1.43 Å². The summed E-state index contributed by atoms with van der Waals surface area (Å²) in [5, 5.41) is 0. The second-order valence-corrected chi connectivity index (χ2v) is 2.87. The van der Waals surface area contributed by atoms with Gasteiger partial charge in [0.1, 0.15) is 0 Å². The second-order valence-electron chi connectivity index (χ2n) is 2.87. The summed E-state index contributed by atoms with van der Waals surface area (Å²) in [6.07, 6.45) is 4.23. The number of rotatable bonds is 0. The normalized spacial score (nSPS) is 13.1. The van der Waals surface area contributed by atoms with Crippen LogP contribution in [0.2, 0.25) is 0 Å². The molecule has 3 heterocycles. The Labute approximate surface area is 66.2 Å². The van der Waals surface area contributed by atoms with Crippen LogP contribution in [0.5, 0.6) is 0 Å². The van der Waals surface area contributed by atoms with Gasteiger partial charge in [-0.05, 0) is 24.3 Å². The third-order valence-electron chi connectivity index (χ3n) is 2.23. The molecule has 2 aromatic rings. The van der Waals surface area contributed by atoms with Gasteiger partial charge in [0.25, 0.3) is 0 Å². The topological polar surface area (TPSA) is 9.86 Å².